The molecule has 5 nitrogen and oxygen atoms in total. The molecule has 0 amide bonds. The fourth-order valence-electron chi connectivity index (χ4n) is 1.98. The first-order valence-electron chi connectivity index (χ1n) is 6.36. The van der Waals surface area contributed by atoms with Crippen molar-refractivity contribution in [3.05, 3.63) is 62.0 Å². The smallest absolute Gasteiger partial charge is 0.285 e. The molecule has 6 heteroatoms. The van der Waals surface area contributed by atoms with Crippen molar-refractivity contribution in [2.24, 2.45) is 0 Å². The average molecular weight is 304 g/mol. The topological polar surface area (TPSA) is 78.9 Å². The molecule has 0 spiro atoms. The van der Waals surface area contributed by atoms with E-state index < -0.39 is 11.7 Å². The number of aromatic nitrogens is 2. The van der Waals surface area contributed by atoms with Crippen LogP contribution in [0.15, 0.2) is 29.1 Å². The molecule has 1 heterocycles. The second-order valence-corrected chi connectivity index (χ2v) is 5.19. The van der Waals surface area contributed by atoms with E-state index in [-0.39, 0.29) is 12.1 Å². The van der Waals surface area contributed by atoms with Gasteiger partial charge in [0.15, 0.2) is 0 Å². The zero-order valence-corrected chi connectivity index (χ0v) is 12.4. The summed E-state index contributed by atoms with van der Waals surface area (Å²) in [6.45, 7) is 3.39. The van der Waals surface area contributed by atoms with Gasteiger partial charge in [-0.1, -0.05) is 23.7 Å². The highest BCUT2D eigenvalue weighted by Crippen LogP contribution is 2.17. The minimum absolute atomic E-state index is 0.0176. The van der Waals surface area contributed by atoms with E-state index in [1.165, 1.54) is 0 Å². The summed E-state index contributed by atoms with van der Waals surface area (Å²) in [5.74, 6) is 0. The van der Waals surface area contributed by atoms with Crippen LogP contribution >= 0.6 is 11.6 Å². The van der Waals surface area contributed by atoms with Crippen LogP contribution in [0.25, 0.3) is 0 Å². The van der Waals surface area contributed by atoms with Crippen molar-refractivity contribution >= 4 is 11.6 Å². The summed E-state index contributed by atoms with van der Waals surface area (Å²) < 4.78 is 1.13. The second kappa shape index (κ2) is 6.08. The number of nitrogens with zero attached hydrogens (tertiary/aromatic N) is 3. The molecular weight excluding hydrogens is 290 g/mol. The van der Waals surface area contributed by atoms with Crippen LogP contribution in [0, 0.1) is 25.2 Å². The summed E-state index contributed by atoms with van der Waals surface area (Å²) >= 11 is 5.79. The van der Waals surface area contributed by atoms with Gasteiger partial charge in [-0.05, 0) is 37.1 Å². The number of halogens is 1. The summed E-state index contributed by atoms with van der Waals surface area (Å²) in [6.07, 6.45) is -0.902. The largest absolute Gasteiger partial charge is 0.386 e. The predicted molar refractivity (Wildman–Crippen MR) is 79.1 cm³/mol. The molecule has 1 aromatic heterocycles. The van der Waals surface area contributed by atoms with Gasteiger partial charge in [0, 0.05) is 5.02 Å². The normalized spacial score (nSPS) is 12.0. The van der Waals surface area contributed by atoms with Gasteiger partial charge in [0.05, 0.1) is 18.3 Å². The summed E-state index contributed by atoms with van der Waals surface area (Å²) in [6, 6.07) is 8.59. The Labute approximate surface area is 127 Å². The highest BCUT2D eigenvalue weighted by Gasteiger charge is 2.15. The van der Waals surface area contributed by atoms with Crippen LogP contribution in [0.4, 0.5) is 0 Å². The van der Waals surface area contributed by atoms with Crippen LogP contribution < -0.4 is 5.56 Å². The molecule has 0 unspecified atom stereocenters. The fourth-order valence-corrected chi connectivity index (χ4v) is 2.11. The number of aliphatic hydroxyl groups excluding tert-OH is 1. The van der Waals surface area contributed by atoms with E-state index in [2.05, 4.69) is 5.10 Å². The minimum Gasteiger partial charge on any atom is -0.386 e. The lowest BCUT2D eigenvalue weighted by molar-refractivity contribution is 0.149. The van der Waals surface area contributed by atoms with Crippen molar-refractivity contribution in [3.8, 4) is 6.07 Å². The Morgan fingerprint density at radius 2 is 2.00 bits per heavy atom. The Hall–Kier alpha value is -2.16. The molecule has 0 aliphatic heterocycles. The van der Waals surface area contributed by atoms with Gasteiger partial charge in [0.2, 0.25) is 0 Å². The predicted octanol–water partition coefficient (Wildman–Crippen LogP) is 2.12. The molecule has 0 bridgehead atoms. The van der Waals surface area contributed by atoms with Crippen molar-refractivity contribution < 1.29 is 5.11 Å². The summed E-state index contributed by atoms with van der Waals surface area (Å²) in [5, 5.41) is 23.9. The fraction of sp³-hybridized carbons (Fsp3) is 0.267. The Morgan fingerprint density at radius 1 is 1.38 bits per heavy atom. The third kappa shape index (κ3) is 3.13. The molecule has 1 aromatic carbocycles. The molecule has 1 N–H and O–H groups in total. The molecule has 2 rings (SSSR count). The lowest BCUT2D eigenvalue weighted by Crippen LogP contribution is -2.29. The lowest BCUT2D eigenvalue weighted by atomic mass is 10.1. The van der Waals surface area contributed by atoms with Gasteiger partial charge >= 0.3 is 0 Å². The maximum atomic E-state index is 12.1. The van der Waals surface area contributed by atoms with Crippen molar-refractivity contribution in [2.45, 2.75) is 26.5 Å². The van der Waals surface area contributed by atoms with E-state index in [1.54, 1.807) is 38.1 Å². The van der Waals surface area contributed by atoms with Crippen molar-refractivity contribution in [2.75, 3.05) is 0 Å². The van der Waals surface area contributed by atoms with E-state index in [1.807, 2.05) is 6.07 Å². The number of aliphatic hydroxyl groups is 1. The molecule has 0 aliphatic carbocycles. The van der Waals surface area contributed by atoms with Gasteiger partial charge in [-0.2, -0.15) is 10.4 Å². The molecule has 0 radical (unpaired) electrons. The van der Waals surface area contributed by atoms with Gasteiger partial charge in [0.25, 0.3) is 5.56 Å². The van der Waals surface area contributed by atoms with Crippen LogP contribution in [-0.4, -0.2) is 14.9 Å². The Bertz CT molecular complexity index is 760. The SMILES string of the molecule is Cc1nn(C[C@@H](O)c2ccc(Cl)cc2)c(=O)c(C#N)c1C. The number of aryl methyl sites for hydroxylation is 1. The van der Waals surface area contributed by atoms with Crippen molar-refractivity contribution in [1.82, 2.24) is 9.78 Å². The minimum atomic E-state index is -0.902. The van der Waals surface area contributed by atoms with E-state index in [9.17, 15) is 9.90 Å². The van der Waals surface area contributed by atoms with Crippen LogP contribution in [0.3, 0.4) is 0 Å². The van der Waals surface area contributed by atoms with Gasteiger partial charge in [-0.25, -0.2) is 4.68 Å². The summed E-state index contributed by atoms with van der Waals surface area (Å²) in [4.78, 5) is 12.1. The van der Waals surface area contributed by atoms with E-state index >= 15 is 0 Å². The molecule has 2 aromatic rings. The Kier molecular flexibility index (Phi) is 4.41. The van der Waals surface area contributed by atoms with E-state index in [0.717, 1.165) is 4.68 Å². The first-order chi connectivity index (χ1) is 9.93. The van der Waals surface area contributed by atoms with E-state index in [0.29, 0.717) is 21.8 Å². The standard InChI is InChI=1S/C15H14ClN3O2/c1-9-10(2)18-19(15(21)13(9)7-17)8-14(20)11-3-5-12(16)6-4-11/h3-6,14,20H,8H2,1-2H3/t14-/m1/s1. The molecule has 108 valence electrons. The monoisotopic (exact) mass is 303 g/mol. The number of hydrogen-bond donors (Lipinski definition) is 1. The molecule has 0 saturated heterocycles. The number of rotatable bonds is 3. The molecule has 0 saturated carbocycles. The molecule has 0 fully saturated rings. The van der Waals surface area contributed by atoms with Crippen molar-refractivity contribution in [3.63, 3.8) is 0 Å². The van der Waals surface area contributed by atoms with Gasteiger partial charge in [0.1, 0.15) is 11.6 Å². The summed E-state index contributed by atoms with van der Waals surface area (Å²) in [5.41, 5.74) is 1.36. The Morgan fingerprint density at radius 3 is 2.57 bits per heavy atom. The van der Waals surface area contributed by atoms with Crippen LogP contribution in [-0.2, 0) is 6.54 Å². The van der Waals surface area contributed by atoms with Crippen molar-refractivity contribution in [1.29, 1.82) is 5.26 Å². The number of benzene rings is 1. The highest BCUT2D eigenvalue weighted by molar-refractivity contribution is 6.30. The zero-order chi connectivity index (χ0) is 15.6. The van der Waals surface area contributed by atoms with Crippen LogP contribution in [0.2, 0.25) is 5.02 Å². The number of nitriles is 1. The van der Waals surface area contributed by atoms with Gasteiger partial charge in [-0.15, -0.1) is 0 Å². The Balaban J connectivity index is 2.36. The van der Waals surface area contributed by atoms with Crippen LogP contribution in [0.5, 0.6) is 0 Å². The first kappa shape index (κ1) is 15.2. The third-order valence-corrected chi connectivity index (χ3v) is 3.60. The average Bonchev–Trinajstić information content (AvgIpc) is 2.46. The van der Waals surface area contributed by atoms with Gasteiger partial charge < -0.3 is 5.11 Å². The summed E-state index contributed by atoms with van der Waals surface area (Å²) in [7, 11) is 0. The highest BCUT2D eigenvalue weighted by atomic mass is 35.5. The zero-order valence-electron chi connectivity index (χ0n) is 11.7. The lowest BCUT2D eigenvalue weighted by Gasteiger charge is -2.14. The molecule has 21 heavy (non-hydrogen) atoms. The molecule has 1 atom stereocenters. The maximum absolute atomic E-state index is 12.1. The van der Waals surface area contributed by atoms with E-state index in [4.69, 9.17) is 16.9 Å². The van der Waals surface area contributed by atoms with Crippen LogP contribution in [0.1, 0.15) is 28.5 Å². The van der Waals surface area contributed by atoms with Gasteiger partial charge in [-0.3, -0.25) is 4.79 Å². The maximum Gasteiger partial charge on any atom is 0.285 e. The second-order valence-electron chi connectivity index (χ2n) is 4.75. The third-order valence-electron chi connectivity index (χ3n) is 3.35. The molecule has 0 aliphatic rings. The first-order valence-corrected chi connectivity index (χ1v) is 6.73. The molecular formula is C15H14ClN3O2. The number of hydrogen-bond acceptors (Lipinski definition) is 4. The quantitative estimate of drug-likeness (QED) is 0.942.